The Morgan fingerprint density at radius 2 is 2.15 bits per heavy atom. The third-order valence-corrected chi connectivity index (χ3v) is 7.18. The van der Waals surface area contributed by atoms with E-state index in [1.807, 2.05) is 35.0 Å². The van der Waals surface area contributed by atoms with E-state index >= 15 is 0 Å². The lowest BCUT2D eigenvalue weighted by Gasteiger charge is -2.24. The molecule has 3 aromatic rings. The van der Waals surface area contributed by atoms with E-state index in [9.17, 15) is 8.42 Å². The molecule has 1 aromatic carbocycles. The quantitative estimate of drug-likeness (QED) is 0.681. The number of hydrogen-bond acceptors (Lipinski definition) is 6. The Labute approximate surface area is 161 Å². The van der Waals surface area contributed by atoms with Crippen LogP contribution in [-0.4, -0.2) is 37.7 Å². The number of ether oxygens (including phenoxy) is 2. The van der Waals surface area contributed by atoms with Gasteiger partial charge in [0, 0.05) is 18.3 Å². The lowest BCUT2D eigenvalue weighted by Crippen LogP contribution is -2.38. The van der Waals surface area contributed by atoms with Crippen molar-refractivity contribution < 1.29 is 17.9 Å². The highest BCUT2D eigenvalue weighted by Crippen LogP contribution is 2.24. The van der Waals surface area contributed by atoms with Crippen molar-refractivity contribution in [1.29, 1.82) is 0 Å². The van der Waals surface area contributed by atoms with Gasteiger partial charge in [-0.2, -0.15) is 0 Å². The number of imidazole rings is 1. The lowest BCUT2D eigenvalue weighted by molar-refractivity contribution is 0.00587. The molecule has 0 saturated heterocycles. The summed E-state index contributed by atoms with van der Waals surface area (Å²) in [7, 11) is -1.85. The number of aromatic nitrogens is 2. The second-order valence-electron chi connectivity index (χ2n) is 6.14. The number of rotatable bonds is 6. The van der Waals surface area contributed by atoms with E-state index in [1.54, 1.807) is 24.6 Å². The van der Waals surface area contributed by atoms with Gasteiger partial charge in [0.05, 0.1) is 25.5 Å². The number of benzene rings is 1. The number of methoxy groups -OCH3 is 1. The van der Waals surface area contributed by atoms with Gasteiger partial charge in [-0.05, 0) is 35.7 Å². The van der Waals surface area contributed by atoms with Crippen LogP contribution in [0.3, 0.4) is 0 Å². The summed E-state index contributed by atoms with van der Waals surface area (Å²) in [4.78, 5) is 4.62. The van der Waals surface area contributed by atoms with Crippen molar-refractivity contribution in [3.8, 4) is 17.0 Å². The second kappa shape index (κ2) is 7.43. The fourth-order valence-corrected chi connectivity index (χ4v) is 5.01. The highest BCUT2D eigenvalue weighted by molar-refractivity contribution is 7.91. The third-order valence-electron chi connectivity index (χ3n) is 4.35. The minimum atomic E-state index is -3.49. The topological polar surface area (TPSA) is 82.4 Å². The monoisotopic (exact) mass is 405 g/mol. The summed E-state index contributed by atoms with van der Waals surface area (Å²) in [5.41, 5.74) is 1.85. The van der Waals surface area contributed by atoms with Crippen molar-refractivity contribution in [2.24, 2.45) is 0 Å². The van der Waals surface area contributed by atoms with E-state index < -0.39 is 10.0 Å². The summed E-state index contributed by atoms with van der Waals surface area (Å²) in [6.45, 7) is 1.11. The van der Waals surface area contributed by atoms with Crippen molar-refractivity contribution in [1.82, 2.24) is 14.3 Å². The van der Waals surface area contributed by atoms with Crippen molar-refractivity contribution in [3.05, 3.63) is 53.8 Å². The predicted octanol–water partition coefficient (Wildman–Crippen LogP) is 2.50. The van der Waals surface area contributed by atoms with Crippen LogP contribution in [0.15, 0.2) is 52.2 Å². The van der Waals surface area contributed by atoms with Crippen LogP contribution in [0.5, 0.6) is 5.75 Å². The average molecular weight is 406 g/mol. The molecule has 142 valence electrons. The number of nitrogens with one attached hydrogen (secondary N) is 1. The van der Waals surface area contributed by atoms with Gasteiger partial charge < -0.3 is 14.0 Å². The van der Waals surface area contributed by atoms with Crippen LogP contribution < -0.4 is 9.46 Å². The molecular formula is C18H19N3O4S2. The summed E-state index contributed by atoms with van der Waals surface area (Å²) in [5, 5.41) is 1.74. The molecule has 0 bridgehead atoms. The minimum absolute atomic E-state index is 0.218. The molecule has 0 saturated carbocycles. The first-order chi connectivity index (χ1) is 13.0. The van der Waals surface area contributed by atoms with Crippen LogP contribution in [0.1, 0.15) is 5.82 Å². The Bertz CT molecular complexity index is 1010. The van der Waals surface area contributed by atoms with Crippen LogP contribution in [-0.2, 0) is 27.9 Å². The molecular weight excluding hydrogens is 386 g/mol. The van der Waals surface area contributed by atoms with Gasteiger partial charge in [0.15, 0.2) is 0 Å². The second-order valence-corrected chi connectivity index (χ2v) is 9.08. The summed E-state index contributed by atoms with van der Waals surface area (Å²) in [5.74, 6) is 1.63. The lowest BCUT2D eigenvalue weighted by atomic mass is 10.2. The third kappa shape index (κ3) is 3.91. The van der Waals surface area contributed by atoms with Gasteiger partial charge in [-0.15, -0.1) is 11.3 Å². The number of nitrogens with zero attached hydrogens (tertiary/aromatic N) is 2. The Morgan fingerprint density at radius 3 is 2.85 bits per heavy atom. The maximum atomic E-state index is 12.2. The van der Waals surface area contributed by atoms with E-state index in [-0.39, 0.29) is 12.6 Å². The van der Waals surface area contributed by atoms with Gasteiger partial charge in [0.2, 0.25) is 10.0 Å². The Kier molecular flexibility index (Phi) is 5.00. The van der Waals surface area contributed by atoms with Crippen LogP contribution in [0.4, 0.5) is 0 Å². The summed E-state index contributed by atoms with van der Waals surface area (Å²) >= 11 is 1.19. The first-order valence-corrected chi connectivity index (χ1v) is 10.8. The molecule has 4 rings (SSSR count). The highest BCUT2D eigenvalue weighted by atomic mass is 32.2. The Morgan fingerprint density at radius 1 is 1.33 bits per heavy atom. The van der Waals surface area contributed by atoms with Gasteiger partial charge in [-0.25, -0.2) is 18.1 Å². The standard InChI is InChI=1S/C18H19N3O4S2/c1-24-14-6-4-13(5-7-14)16-11-21-10-15(25-12-17(21)20-16)9-19-27(22,23)18-3-2-8-26-18/h2-8,11,15,19H,9-10,12H2,1H3/t15-/m0/s1. The van der Waals surface area contributed by atoms with Crippen LogP contribution in [0, 0.1) is 0 Å². The number of sulfonamides is 1. The van der Waals surface area contributed by atoms with E-state index in [4.69, 9.17) is 9.47 Å². The molecule has 27 heavy (non-hydrogen) atoms. The summed E-state index contributed by atoms with van der Waals surface area (Å²) in [6, 6.07) is 11.0. The maximum absolute atomic E-state index is 12.2. The van der Waals surface area contributed by atoms with E-state index in [2.05, 4.69) is 9.71 Å². The SMILES string of the molecule is COc1ccc(-c2cn3c(n2)CO[C@@H](CNS(=O)(=O)c2cccs2)C3)cc1. The van der Waals surface area contributed by atoms with E-state index in [0.29, 0.717) is 17.4 Å². The zero-order valence-electron chi connectivity index (χ0n) is 14.7. The predicted molar refractivity (Wildman–Crippen MR) is 102 cm³/mol. The van der Waals surface area contributed by atoms with Gasteiger partial charge >= 0.3 is 0 Å². The molecule has 0 amide bonds. The Balaban J connectivity index is 1.43. The van der Waals surface area contributed by atoms with E-state index in [1.165, 1.54) is 11.3 Å². The van der Waals surface area contributed by atoms with Crippen molar-refractivity contribution in [2.75, 3.05) is 13.7 Å². The number of fused-ring (bicyclic) bond motifs is 1. The van der Waals surface area contributed by atoms with Crippen molar-refractivity contribution in [2.45, 2.75) is 23.5 Å². The van der Waals surface area contributed by atoms with Gasteiger partial charge in [-0.1, -0.05) is 6.07 Å². The molecule has 0 unspecified atom stereocenters. The molecule has 0 spiro atoms. The molecule has 2 aromatic heterocycles. The summed E-state index contributed by atoms with van der Waals surface area (Å²) in [6.07, 6.45) is 1.73. The average Bonchev–Trinajstić information content (AvgIpc) is 3.36. The fraction of sp³-hybridized carbons (Fsp3) is 0.278. The Hall–Kier alpha value is -2.20. The summed E-state index contributed by atoms with van der Waals surface area (Å²) < 4.78 is 40.4. The number of hydrogen-bond donors (Lipinski definition) is 1. The molecule has 1 aliphatic rings. The molecule has 0 radical (unpaired) electrons. The van der Waals surface area contributed by atoms with Crippen molar-refractivity contribution in [3.63, 3.8) is 0 Å². The molecule has 1 atom stereocenters. The van der Waals surface area contributed by atoms with Crippen LogP contribution in [0.2, 0.25) is 0 Å². The molecule has 0 fully saturated rings. The number of thiophene rings is 1. The zero-order valence-corrected chi connectivity index (χ0v) is 16.3. The van der Waals surface area contributed by atoms with E-state index in [0.717, 1.165) is 22.8 Å². The molecule has 9 heteroatoms. The largest absolute Gasteiger partial charge is 0.497 e. The molecule has 3 heterocycles. The molecule has 0 aliphatic carbocycles. The molecule has 1 N–H and O–H groups in total. The minimum Gasteiger partial charge on any atom is -0.497 e. The smallest absolute Gasteiger partial charge is 0.250 e. The first kappa shape index (κ1) is 18.2. The van der Waals surface area contributed by atoms with Crippen LogP contribution in [0.25, 0.3) is 11.3 Å². The molecule has 7 nitrogen and oxygen atoms in total. The van der Waals surface area contributed by atoms with Gasteiger partial charge in [0.25, 0.3) is 0 Å². The molecule has 1 aliphatic heterocycles. The van der Waals surface area contributed by atoms with Gasteiger partial charge in [0.1, 0.15) is 22.4 Å². The zero-order chi connectivity index (χ0) is 18.9. The fourth-order valence-electron chi connectivity index (χ4n) is 2.91. The highest BCUT2D eigenvalue weighted by Gasteiger charge is 2.24. The van der Waals surface area contributed by atoms with Gasteiger partial charge in [-0.3, -0.25) is 0 Å². The van der Waals surface area contributed by atoms with Crippen molar-refractivity contribution >= 4 is 21.4 Å². The first-order valence-electron chi connectivity index (χ1n) is 8.40. The van der Waals surface area contributed by atoms with Crippen LogP contribution >= 0.6 is 11.3 Å². The normalized spacial score (nSPS) is 16.9. The maximum Gasteiger partial charge on any atom is 0.250 e.